The Morgan fingerprint density at radius 2 is 2.06 bits per heavy atom. The first-order chi connectivity index (χ1) is 7.29. The molecule has 0 amide bonds. The summed E-state index contributed by atoms with van der Waals surface area (Å²) in [5.41, 5.74) is 6.07. The van der Waals surface area contributed by atoms with Gasteiger partial charge < -0.3 is 11.1 Å². The van der Waals surface area contributed by atoms with Crippen molar-refractivity contribution in [1.82, 2.24) is 0 Å². The summed E-state index contributed by atoms with van der Waals surface area (Å²) in [5.74, 6) is 0. The van der Waals surface area contributed by atoms with Crippen LogP contribution in [0.3, 0.4) is 0 Å². The van der Waals surface area contributed by atoms with Gasteiger partial charge in [-0.1, -0.05) is 28.1 Å². The summed E-state index contributed by atoms with van der Waals surface area (Å²) in [6.45, 7) is -1.12. The van der Waals surface area contributed by atoms with Gasteiger partial charge in [0, 0.05) is 15.7 Å². The topological polar surface area (TPSA) is 38.0 Å². The molecule has 1 aromatic carbocycles. The average molecular weight is 313 g/mol. The van der Waals surface area contributed by atoms with Crippen LogP contribution in [0, 0.1) is 0 Å². The van der Waals surface area contributed by atoms with E-state index in [0.717, 1.165) is 0 Å². The summed E-state index contributed by atoms with van der Waals surface area (Å²) in [5, 5.41) is 2.25. The number of halogens is 4. The van der Waals surface area contributed by atoms with Crippen molar-refractivity contribution in [2.75, 3.05) is 11.9 Å². The van der Waals surface area contributed by atoms with E-state index in [4.69, 9.17) is 18.0 Å². The highest BCUT2D eigenvalue weighted by Crippen LogP contribution is 2.23. The molecule has 7 heteroatoms. The fraction of sp³-hybridized carbons (Fsp3) is 0.222. The van der Waals surface area contributed by atoms with E-state index in [-0.39, 0.29) is 10.7 Å². The van der Waals surface area contributed by atoms with E-state index in [1.807, 2.05) is 0 Å². The molecule has 0 saturated heterocycles. The lowest BCUT2D eigenvalue weighted by molar-refractivity contribution is -0.115. The summed E-state index contributed by atoms with van der Waals surface area (Å²) in [7, 11) is 0. The number of benzene rings is 1. The first-order valence-corrected chi connectivity index (χ1v) is 5.40. The zero-order valence-electron chi connectivity index (χ0n) is 7.94. The van der Waals surface area contributed by atoms with E-state index in [0.29, 0.717) is 10.0 Å². The number of nitrogens with two attached hydrogens (primary N) is 1. The molecule has 1 rings (SSSR count). The standard InChI is InChI=1S/C9H8BrF3N2S/c10-5-1-2-7(6(3-5)8(14)16)15-4-9(11,12)13/h1-3,15H,4H2,(H2,14,16). The van der Waals surface area contributed by atoms with Gasteiger partial charge in [0.2, 0.25) is 0 Å². The molecule has 0 saturated carbocycles. The highest BCUT2D eigenvalue weighted by atomic mass is 79.9. The molecule has 16 heavy (non-hydrogen) atoms. The Balaban J connectivity index is 2.91. The smallest absolute Gasteiger partial charge is 0.389 e. The monoisotopic (exact) mass is 312 g/mol. The minimum atomic E-state index is -4.28. The molecule has 2 nitrogen and oxygen atoms in total. The van der Waals surface area contributed by atoms with Crippen LogP contribution in [0.4, 0.5) is 18.9 Å². The predicted octanol–water partition coefficient (Wildman–Crippen LogP) is 3.06. The van der Waals surface area contributed by atoms with Crippen molar-refractivity contribution in [3.05, 3.63) is 28.2 Å². The number of rotatable bonds is 3. The fourth-order valence-corrected chi connectivity index (χ4v) is 1.60. The molecule has 0 spiro atoms. The largest absolute Gasteiger partial charge is 0.405 e. The molecule has 0 aliphatic heterocycles. The third-order valence-electron chi connectivity index (χ3n) is 1.73. The quantitative estimate of drug-likeness (QED) is 0.842. The van der Waals surface area contributed by atoms with Crippen molar-refractivity contribution in [2.45, 2.75) is 6.18 Å². The zero-order chi connectivity index (χ0) is 12.3. The highest BCUT2D eigenvalue weighted by Gasteiger charge is 2.27. The second-order valence-corrected chi connectivity index (χ2v) is 4.38. The van der Waals surface area contributed by atoms with Gasteiger partial charge in [0.15, 0.2) is 0 Å². The number of anilines is 1. The van der Waals surface area contributed by atoms with Gasteiger partial charge in [-0.2, -0.15) is 13.2 Å². The number of hydrogen-bond acceptors (Lipinski definition) is 2. The van der Waals surface area contributed by atoms with Gasteiger partial charge >= 0.3 is 6.18 Å². The SMILES string of the molecule is NC(=S)c1cc(Br)ccc1NCC(F)(F)F. The second-order valence-electron chi connectivity index (χ2n) is 3.02. The van der Waals surface area contributed by atoms with Crippen LogP contribution in [0.15, 0.2) is 22.7 Å². The molecule has 0 aliphatic rings. The zero-order valence-corrected chi connectivity index (χ0v) is 10.3. The van der Waals surface area contributed by atoms with E-state index in [1.54, 1.807) is 12.1 Å². The van der Waals surface area contributed by atoms with E-state index in [9.17, 15) is 13.2 Å². The second kappa shape index (κ2) is 5.01. The molecular weight excluding hydrogens is 305 g/mol. The van der Waals surface area contributed by atoms with Crippen LogP contribution in [-0.4, -0.2) is 17.7 Å². The average Bonchev–Trinajstić information content (AvgIpc) is 2.14. The normalized spacial score (nSPS) is 11.2. The summed E-state index contributed by atoms with van der Waals surface area (Å²) >= 11 is 7.94. The third-order valence-corrected chi connectivity index (χ3v) is 2.44. The maximum absolute atomic E-state index is 12.0. The van der Waals surface area contributed by atoms with Crippen LogP contribution < -0.4 is 11.1 Å². The van der Waals surface area contributed by atoms with Crippen molar-refractivity contribution in [1.29, 1.82) is 0 Å². The molecule has 0 radical (unpaired) electrons. The fourth-order valence-electron chi connectivity index (χ4n) is 1.07. The molecule has 0 fully saturated rings. The van der Waals surface area contributed by atoms with Gasteiger partial charge in [0.1, 0.15) is 11.5 Å². The summed E-state index contributed by atoms with van der Waals surface area (Å²) < 4.78 is 36.8. The lowest BCUT2D eigenvalue weighted by Gasteiger charge is -2.13. The number of nitrogens with one attached hydrogen (secondary N) is 1. The van der Waals surface area contributed by atoms with Crippen LogP contribution in [0.25, 0.3) is 0 Å². The third kappa shape index (κ3) is 3.97. The van der Waals surface area contributed by atoms with Crippen LogP contribution >= 0.6 is 28.1 Å². The molecule has 0 aromatic heterocycles. The van der Waals surface area contributed by atoms with Crippen molar-refractivity contribution in [3.63, 3.8) is 0 Å². The minimum Gasteiger partial charge on any atom is -0.389 e. The Morgan fingerprint density at radius 3 is 2.56 bits per heavy atom. The Bertz CT molecular complexity index is 406. The molecule has 3 N–H and O–H groups in total. The molecule has 0 bridgehead atoms. The first kappa shape index (κ1) is 13.2. The van der Waals surface area contributed by atoms with Gasteiger partial charge in [-0.3, -0.25) is 0 Å². The van der Waals surface area contributed by atoms with Crippen LogP contribution in [0.5, 0.6) is 0 Å². The van der Waals surface area contributed by atoms with E-state index < -0.39 is 12.7 Å². The Kier molecular flexibility index (Phi) is 4.15. The maximum Gasteiger partial charge on any atom is 0.405 e. The maximum atomic E-state index is 12.0. The van der Waals surface area contributed by atoms with Gasteiger partial charge in [0.05, 0.1) is 0 Å². The minimum absolute atomic E-state index is 0.0472. The summed E-state index contributed by atoms with van der Waals surface area (Å²) in [6.07, 6.45) is -4.28. The molecule has 0 unspecified atom stereocenters. The summed E-state index contributed by atoms with van der Waals surface area (Å²) in [4.78, 5) is 0.0472. The van der Waals surface area contributed by atoms with Crippen molar-refractivity contribution < 1.29 is 13.2 Å². The van der Waals surface area contributed by atoms with Crippen molar-refractivity contribution >= 4 is 38.8 Å². The number of hydrogen-bond donors (Lipinski definition) is 2. The lowest BCUT2D eigenvalue weighted by atomic mass is 10.2. The van der Waals surface area contributed by atoms with Gasteiger partial charge in [-0.15, -0.1) is 0 Å². The van der Waals surface area contributed by atoms with Crippen LogP contribution in [-0.2, 0) is 0 Å². The first-order valence-electron chi connectivity index (χ1n) is 4.19. The molecule has 0 aliphatic carbocycles. The molecule has 0 atom stereocenters. The van der Waals surface area contributed by atoms with Gasteiger partial charge in [-0.05, 0) is 18.2 Å². The van der Waals surface area contributed by atoms with Gasteiger partial charge in [0.25, 0.3) is 0 Å². The van der Waals surface area contributed by atoms with Crippen LogP contribution in [0.2, 0.25) is 0 Å². The van der Waals surface area contributed by atoms with E-state index >= 15 is 0 Å². The van der Waals surface area contributed by atoms with E-state index in [2.05, 4.69) is 21.2 Å². The van der Waals surface area contributed by atoms with Gasteiger partial charge in [-0.25, -0.2) is 0 Å². The molecule has 0 heterocycles. The van der Waals surface area contributed by atoms with Crippen molar-refractivity contribution in [3.8, 4) is 0 Å². The molecular formula is C9H8BrF3N2S. The highest BCUT2D eigenvalue weighted by molar-refractivity contribution is 9.10. The Hall–Kier alpha value is -0.820. The summed E-state index contributed by atoms with van der Waals surface area (Å²) in [6, 6.07) is 4.67. The molecule has 88 valence electrons. The lowest BCUT2D eigenvalue weighted by Crippen LogP contribution is -2.23. The Morgan fingerprint density at radius 1 is 1.44 bits per heavy atom. The van der Waals surface area contributed by atoms with Crippen molar-refractivity contribution in [2.24, 2.45) is 5.73 Å². The van der Waals surface area contributed by atoms with E-state index in [1.165, 1.54) is 6.07 Å². The predicted molar refractivity (Wildman–Crippen MR) is 64.6 cm³/mol. The number of alkyl halides is 3. The van der Waals surface area contributed by atoms with Crippen LogP contribution in [0.1, 0.15) is 5.56 Å². The number of thiocarbonyl (C=S) groups is 1. The Labute approximate surface area is 104 Å². The molecule has 1 aromatic rings.